The smallest absolute Gasteiger partial charge is 0.253 e. The minimum absolute atomic E-state index is 0.176. The van der Waals surface area contributed by atoms with Crippen LogP contribution in [0.1, 0.15) is 47.2 Å². The Kier molecular flexibility index (Phi) is 4.83. The van der Waals surface area contributed by atoms with Gasteiger partial charge >= 0.3 is 0 Å². The SMILES string of the molecule is Nc1cccc2c1CCCN2Cc1cccc(C(=O)N2CCCCC2)c1. The van der Waals surface area contributed by atoms with E-state index in [1.165, 1.54) is 23.2 Å². The van der Waals surface area contributed by atoms with Crippen LogP contribution >= 0.6 is 0 Å². The summed E-state index contributed by atoms with van der Waals surface area (Å²) in [6, 6.07) is 14.3. The zero-order valence-electron chi connectivity index (χ0n) is 15.3. The van der Waals surface area contributed by atoms with Crippen molar-refractivity contribution >= 4 is 17.3 Å². The fourth-order valence-electron chi connectivity index (χ4n) is 4.19. The molecule has 0 atom stereocenters. The number of nitrogens with zero attached hydrogens (tertiary/aromatic N) is 2. The average Bonchev–Trinajstić information content (AvgIpc) is 2.69. The number of hydrogen-bond donors (Lipinski definition) is 1. The number of amides is 1. The number of anilines is 2. The van der Waals surface area contributed by atoms with E-state index in [1.807, 2.05) is 29.2 Å². The Bertz CT molecular complexity index is 796. The molecule has 0 aliphatic carbocycles. The van der Waals surface area contributed by atoms with Gasteiger partial charge in [-0.1, -0.05) is 18.2 Å². The number of rotatable bonds is 3. The van der Waals surface area contributed by atoms with Crippen molar-refractivity contribution in [3.8, 4) is 0 Å². The van der Waals surface area contributed by atoms with Gasteiger partial charge in [-0.15, -0.1) is 0 Å². The lowest BCUT2D eigenvalue weighted by Gasteiger charge is -2.32. The molecule has 136 valence electrons. The molecule has 4 nitrogen and oxygen atoms in total. The summed E-state index contributed by atoms with van der Waals surface area (Å²) in [4.78, 5) is 17.2. The van der Waals surface area contributed by atoms with E-state index in [9.17, 15) is 4.79 Å². The van der Waals surface area contributed by atoms with Crippen molar-refractivity contribution in [3.05, 3.63) is 59.2 Å². The van der Waals surface area contributed by atoms with Gasteiger partial charge in [0.05, 0.1) is 0 Å². The lowest BCUT2D eigenvalue weighted by molar-refractivity contribution is 0.0724. The molecule has 2 N–H and O–H groups in total. The van der Waals surface area contributed by atoms with Crippen LogP contribution in [0.2, 0.25) is 0 Å². The monoisotopic (exact) mass is 349 g/mol. The fourth-order valence-corrected chi connectivity index (χ4v) is 4.19. The standard InChI is InChI=1S/C22H27N3O/c23-20-10-5-11-21-19(20)9-6-14-25(21)16-17-7-4-8-18(15-17)22(26)24-12-2-1-3-13-24/h4-5,7-8,10-11,15H,1-3,6,9,12-14,16,23H2. The molecule has 0 bridgehead atoms. The van der Waals surface area contributed by atoms with Gasteiger partial charge in [0.25, 0.3) is 5.91 Å². The molecule has 0 aromatic heterocycles. The Morgan fingerprint density at radius 3 is 2.62 bits per heavy atom. The van der Waals surface area contributed by atoms with E-state index in [0.29, 0.717) is 0 Å². The zero-order chi connectivity index (χ0) is 17.9. The maximum Gasteiger partial charge on any atom is 0.253 e. The highest BCUT2D eigenvalue weighted by Crippen LogP contribution is 2.32. The van der Waals surface area contributed by atoms with Crippen molar-refractivity contribution in [1.29, 1.82) is 0 Å². The van der Waals surface area contributed by atoms with Gasteiger partial charge < -0.3 is 15.5 Å². The zero-order valence-corrected chi connectivity index (χ0v) is 15.3. The van der Waals surface area contributed by atoms with Crippen LogP contribution in [-0.4, -0.2) is 30.4 Å². The Balaban J connectivity index is 1.53. The fraction of sp³-hybridized carbons (Fsp3) is 0.409. The van der Waals surface area contributed by atoms with Crippen LogP contribution in [0.5, 0.6) is 0 Å². The predicted molar refractivity (Wildman–Crippen MR) is 106 cm³/mol. The molecule has 4 rings (SSSR count). The maximum absolute atomic E-state index is 12.8. The number of carbonyl (C=O) groups is 1. The second kappa shape index (κ2) is 7.40. The summed E-state index contributed by atoms with van der Waals surface area (Å²) in [6.45, 7) is 3.63. The van der Waals surface area contributed by atoms with Crippen LogP contribution in [-0.2, 0) is 13.0 Å². The maximum atomic E-state index is 12.8. The first-order chi connectivity index (χ1) is 12.7. The first kappa shape index (κ1) is 17.0. The van der Waals surface area contributed by atoms with Crippen molar-refractivity contribution in [1.82, 2.24) is 4.90 Å². The van der Waals surface area contributed by atoms with Gasteiger partial charge in [-0.3, -0.25) is 4.79 Å². The van der Waals surface area contributed by atoms with Crippen LogP contribution in [0.15, 0.2) is 42.5 Å². The summed E-state index contributed by atoms with van der Waals surface area (Å²) < 4.78 is 0. The molecule has 2 heterocycles. The molecule has 0 saturated carbocycles. The Morgan fingerprint density at radius 2 is 1.77 bits per heavy atom. The highest BCUT2D eigenvalue weighted by molar-refractivity contribution is 5.94. The number of hydrogen-bond acceptors (Lipinski definition) is 3. The molecule has 0 spiro atoms. The number of nitrogens with two attached hydrogens (primary N) is 1. The molecule has 1 fully saturated rings. The minimum Gasteiger partial charge on any atom is -0.398 e. The van der Waals surface area contributed by atoms with Crippen molar-refractivity contribution in [2.24, 2.45) is 0 Å². The third kappa shape index (κ3) is 3.41. The van der Waals surface area contributed by atoms with Crippen molar-refractivity contribution in [2.45, 2.75) is 38.6 Å². The molecule has 0 unspecified atom stereocenters. The van der Waals surface area contributed by atoms with Crippen molar-refractivity contribution < 1.29 is 4.79 Å². The number of piperidine rings is 1. The molecule has 2 aromatic carbocycles. The topological polar surface area (TPSA) is 49.6 Å². The van der Waals surface area contributed by atoms with Crippen LogP contribution in [0.4, 0.5) is 11.4 Å². The third-order valence-electron chi connectivity index (χ3n) is 5.57. The van der Waals surface area contributed by atoms with E-state index >= 15 is 0 Å². The van der Waals surface area contributed by atoms with Gasteiger partial charge in [-0.25, -0.2) is 0 Å². The largest absolute Gasteiger partial charge is 0.398 e. The summed E-state index contributed by atoms with van der Waals surface area (Å²) in [5.74, 6) is 0.176. The molecule has 1 saturated heterocycles. The summed E-state index contributed by atoms with van der Waals surface area (Å²) in [5.41, 5.74) is 11.6. The number of likely N-dealkylation sites (tertiary alicyclic amines) is 1. The molecule has 2 aliphatic heterocycles. The number of nitrogen functional groups attached to an aromatic ring is 1. The molecule has 0 radical (unpaired) electrons. The Hall–Kier alpha value is -2.49. The molecule has 4 heteroatoms. The van der Waals surface area contributed by atoms with E-state index < -0.39 is 0 Å². The quantitative estimate of drug-likeness (QED) is 0.857. The molecule has 2 aliphatic rings. The lowest BCUT2D eigenvalue weighted by Crippen LogP contribution is -2.35. The van der Waals surface area contributed by atoms with Gasteiger partial charge in [0, 0.05) is 43.1 Å². The van der Waals surface area contributed by atoms with Gasteiger partial charge in [0.2, 0.25) is 0 Å². The Labute approximate surface area is 155 Å². The summed E-state index contributed by atoms with van der Waals surface area (Å²) >= 11 is 0. The second-order valence-electron chi connectivity index (χ2n) is 7.42. The number of carbonyl (C=O) groups excluding carboxylic acids is 1. The van der Waals surface area contributed by atoms with Gasteiger partial charge in [0.15, 0.2) is 0 Å². The summed E-state index contributed by atoms with van der Waals surface area (Å²) in [6.07, 6.45) is 5.65. The first-order valence-corrected chi connectivity index (χ1v) is 9.73. The van der Waals surface area contributed by atoms with E-state index in [-0.39, 0.29) is 5.91 Å². The molecule has 1 amide bonds. The van der Waals surface area contributed by atoms with E-state index in [4.69, 9.17) is 5.73 Å². The van der Waals surface area contributed by atoms with Gasteiger partial charge in [0.1, 0.15) is 0 Å². The van der Waals surface area contributed by atoms with Crippen LogP contribution in [0.25, 0.3) is 0 Å². The van der Waals surface area contributed by atoms with Gasteiger partial charge in [-0.05, 0) is 67.5 Å². The third-order valence-corrected chi connectivity index (χ3v) is 5.57. The number of benzene rings is 2. The van der Waals surface area contributed by atoms with Gasteiger partial charge in [-0.2, -0.15) is 0 Å². The molecular formula is C22H27N3O. The molecule has 2 aromatic rings. The highest BCUT2D eigenvalue weighted by Gasteiger charge is 2.21. The van der Waals surface area contributed by atoms with Crippen molar-refractivity contribution in [2.75, 3.05) is 30.3 Å². The Morgan fingerprint density at radius 1 is 0.962 bits per heavy atom. The summed E-state index contributed by atoms with van der Waals surface area (Å²) in [5, 5.41) is 0. The summed E-state index contributed by atoms with van der Waals surface area (Å²) in [7, 11) is 0. The molecule has 26 heavy (non-hydrogen) atoms. The minimum atomic E-state index is 0.176. The number of fused-ring (bicyclic) bond motifs is 1. The van der Waals surface area contributed by atoms with E-state index in [0.717, 1.165) is 63.1 Å². The average molecular weight is 349 g/mol. The second-order valence-corrected chi connectivity index (χ2v) is 7.42. The van der Waals surface area contributed by atoms with Crippen LogP contribution in [0.3, 0.4) is 0 Å². The van der Waals surface area contributed by atoms with Crippen LogP contribution in [0, 0.1) is 0 Å². The van der Waals surface area contributed by atoms with E-state index in [2.05, 4.69) is 23.1 Å². The highest BCUT2D eigenvalue weighted by atomic mass is 16.2. The normalized spacial score (nSPS) is 17.1. The predicted octanol–water partition coefficient (Wildman–Crippen LogP) is 3.85. The molecular weight excluding hydrogens is 322 g/mol. The van der Waals surface area contributed by atoms with E-state index in [1.54, 1.807) is 0 Å². The first-order valence-electron chi connectivity index (χ1n) is 9.73. The lowest BCUT2D eigenvalue weighted by atomic mass is 9.99. The van der Waals surface area contributed by atoms with Crippen molar-refractivity contribution in [3.63, 3.8) is 0 Å². The van der Waals surface area contributed by atoms with Crippen LogP contribution < -0.4 is 10.6 Å².